The molecule has 0 aliphatic heterocycles. The first-order valence-corrected chi connectivity index (χ1v) is 11.9. The highest BCUT2D eigenvalue weighted by atomic mass is 79.9. The van der Waals surface area contributed by atoms with Gasteiger partial charge in [0.1, 0.15) is 11.4 Å². The highest BCUT2D eigenvalue weighted by molar-refractivity contribution is 9.10. The molecule has 37 heavy (non-hydrogen) atoms. The van der Waals surface area contributed by atoms with E-state index in [4.69, 9.17) is 4.74 Å². The number of halogens is 1. The zero-order valence-corrected chi connectivity index (χ0v) is 21.0. The number of aromatic nitrogens is 3. The summed E-state index contributed by atoms with van der Waals surface area (Å²) < 4.78 is 10.5. The summed E-state index contributed by atoms with van der Waals surface area (Å²) >= 11 is 3.38. The molecule has 0 saturated heterocycles. The van der Waals surface area contributed by atoms with Gasteiger partial charge in [-0.05, 0) is 48.0 Å². The number of para-hydroxylation sites is 1. The lowest BCUT2D eigenvalue weighted by atomic mass is 10.1. The number of aromatic amines is 2. The molecule has 186 valence electrons. The topological polar surface area (TPSA) is 142 Å². The molecule has 2 heterocycles. The van der Waals surface area contributed by atoms with E-state index in [0.717, 1.165) is 21.2 Å². The lowest BCUT2D eigenvalue weighted by Crippen LogP contribution is -2.15. The van der Waals surface area contributed by atoms with Crippen LogP contribution in [0.25, 0.3) is 22.3 Å². The minimum absolute atomic E-state index is 0.181. The molecule has 0 bridgehead atoms. The zero-order valence-electron chi connectivity index (χ0n) is 19.4. The Kier molecular flexibility index (Phi) is 6.60. The number of amides is 2. The summed E-state index contributed by atoms with van der Waals surface area (Å²) in [4.78, 5) is 42.8. The smallest absolute Gasteiger partial charge is 0.439 e. The molecule has 0 saturated carbocycles. The number of ether oxygens (including phenoxy) is 1. The van der Waals surface area contributed by atoms with Crippen LogP contribution in [0.15, 0.2) is 80.5 Å². The number of rotatable bonds is 7. The van der Waals surface area contributed by atoms with Crippen LogP contribution in [-0.4, -0.2) is 34.0 Å². The molecule has 0 aliphatic carbocycles. The van der Waals surface area contributed by atoms with Crippen molar-refractivity contribution in [3.8, 4) is 17.1 Å². The van der Waals surface area contributed by atoms with Crippen LogP contribution in [0.2, 0.25) is 0 Å². The monoisotopic (exact) mass is 561 g/mol. The molecule has 10 nitrogen and oxygen atoms in total. The number of nitrogens with one attached hydrogen (secondary N) is 4. The Morgan fingerprint density at radius 3 is 2.54 bits per heavy atom. The van der Waals surface area contributed by atoms with Crippen molar-refractivity contribution in [1.82, 2.24) is 15.1 Å². The van der Waals surface area contributed by atoms with Crippen molar-refractivity contribution in [1.29, 1.82) is 0 Å². The Morgan fingerprint density at radius 2 is 1.81 bits per heavy atom. The van der Waals surface area contributed by atoms with Gasteiger partial charge < -0.3 is 20.4 Å². The average Bonchev–Trinajstić information content (AvgIpc) is 3.52. The molecule has 0 unspecified atom stereocenters. The highest BCUT2D eigenvalue weighted by Crippen LogP contribution is 2.30. The largest absolute Gasteiger partial charge is 0.497 e. The first kappa shape index (κ1) is 24.1. The number of H-pyrrole nitrogens is 2. The number of fused-ring (bicyclic) bond motifs is 1. The van der Waals surface area contributed by atoms with Crippen molar-refractivity contribution in [2.75, 3.05) is 17.7 Å². The lowest BCUT2D eigenvalue weighted by Gasteiger charge is -2.09. The van der Waals surface area contributed by atoms with Gasteiger partial charge in [0.25, 0.3) is 5.91 Å². The molecule has 2 aromatic heterocycles. The van der Waals surface area contributed by atoms with Gasteiger partial charge in [-0.3, -0.25) is 19.1 Å². The number of methoxy groups -OCH3 is 1. The van der Waals surface area contributed by atoms with E-state index in [-0.39, 0.29) is 23.8 Å². The van der Waals surface area contributed by atoms with E-state index in [0.29, 0.717) is 22.5 Å². The third-order valence-electron chi connectivity index (χ3n) is 5.62. The van der Waals surface area contributed by atoms with Crippen molar-refractivity contribution in [3.63, 3.8) is 0 Å². The second kappa shape index (κ2) is 10.2. The summed E-state index contributed by atoms with van der Waals surface area (Å²) in [6.45, 7) is 0. The molecule has 5 rings (SSSR count). The standard InChI is InChI=1S/C26H20BrN5O5/c1-36-17-8-5-14(6-9-17)11-22(33)28-20-4-2-3-15-12-21(29-23(15)20)25(34)30-19-10-7-16(27)13-18(19)24-31-26(35)37-32-24/h2-10,12-13,29H,11H2,1H3,(H,28,33)(H,30,34)(H,31,32,35). The van der Waals surface area contributed by atoms with Gasteiger partial charge in [-0.2, -0.15) is 0 Å². The van der Waals surface area contributed by atoms with E-state index >= 15 is 0 Å². The number of carbonyl (C=O) groups excluding carboxylic acids is 2. The van der Waals surface area contributed by atoms with Crippen LogP contribution in [-0.2, 0) is 11.2 Å². The van der Waals surface area contributed by atoms with Gasteiger partial charge in [0, 0.05) is 15.4 Å². The van der Waals surface area contributed by atoms with E-state index in [2.05, 4.69) is 46.2 Å². The summed E-state index contributed by atoms with van der Waals surface area (Å²) in [6, 6.07) is 19.5. The molecule has 11 heteroatoms. The Labute approximate surface area is 218 Å². The SMILES string of the molecule is COc1ccc(CC(=O)Nc2cccc3cc(C(=O)Nc4ccc(Br)cc4-c4noc(=O)[nH]4)[nH]c23)cc1. The molecular formula is C26H20BrN5O5. The number of carbonyl (C=O) groups is 2. The van der Waals surface area contributed by atoms with Crippen molar-refractivity contribution >= 4 is 50.0 Å². The normalized spacial score (nSPS) is 10.9. The van der Waals surface area contributed by atoms with Gasteiger partial charge in [-0.15, -0.1) is 0 Å². The van der Waals surface area contributed by atoms with E-state index in [1.54, 1.807) is 55.6 Å². The summed E-state index contributed by atoms with van der Waals surface area (Å²) in [5.41, 5.74) is 3.19. The average molecular weight is 562 g/mol. The number of benzene rings is 3. The fourth-order valence-corrected chi connectivity index (χ4v) is 4.22. The Morgan fingerprint density at radius 1 is 1.00 bits per heavy atom. The third kappa shape index (κ3) is 5.31. The van der Waals surface area contributed by atoms with Crippen molar-refractivity contribution < 1.29 is 18.8 Å². The van der Waals surface area contributed by atoms with Crippen molar-refractivity contribution in [3.05, 3.63) is 93.0 Å². The molecule has 0 atom stereocenters. The van der Waals surface area contributed by atoms with Gasteiger partial charge in [0.15, 0.2) is 5.82 Å². The minimum Gasteiger partial charge on any atom is -0.497 e. The fraction of sp³-hybridized carbons (Fsp3) is 0.0769. The lowest BCUT2D eigenvalue weighted by molar-refractivity contribution is -0.115. The quantitative estimate of drug-likeness (QED) is 0.226. The molecule has 3 aromatic carbocycles. The molecular weight excluding hydrogens is 542 g/mol. The van der Waals surface area contributed by atoms with Gasteiger partial charge in [-0.25, -0.2) is 4.79 Å². The first-order valence-electron chi connectivity index (χ1n) is 11.1. The van der Waals surface area contributed by atoms with Gasteiger partial charge in [-0.1, -0.05) is 45.4 Å². The molecule has 0 radical (unpaired) electrons. The zero-order chi connectivity index (χ0) is 25.9. The fourth-order valence-electron chi connectivity index (χ4n) is 3.86. The molecule has 4 N–H and O–H groups in total. The van der Waals surface area contributed by atoms with Crippen molar-refractivity contribution in [2.45, 2.75) is 6.42 Å². The number of nitrogens with zero attached hydrogens (tertiary/aromatic N) is 1. The van der Waals surface area contributed by atoms with Gasteiger partial charge >= 0.3 is 5.76 Å². The molecule has 0 spiro atoms. The van der Waals surface area contributed by atoms with Crippen LogP contribution < -0.4 is 21.1 Å². The van der Waals surface area contributed by atoms with E-state index in [1.165, 1.54) is 0 Å². The number of hydrogen-bond donors (Lipinski definition) is 4. The second-order valence-corrected chi connectivity index (χ2v) is 9.03. The maximum atomic E-state index is 13.1. The predicted octanol–water partition coefficient (Wildman–Crippen LogP) is 4.72. The van der Waals surface area contributed by atoms with Crippen molar-refractivity contribution in [2.24, 2.45) is 0 Å². The molecule has 2 amide bonds. The number of anilines is 2. The molecule has 0 aliphatic rings. The van der Waals surface area contributed by atoms with Gasteiger partial charge in [0.05, 0.1) is 30.4 Å². The van der Waals surface area contributed by atoms with Crippen LogP contribution in [0.1, 0.15) is 16.1 Å². The summed E-state index contributed by atoms with van der Waals surface area (Å²) in [5.74, 6) is -0.416. The van der Waals surface area contributed by atoms with Crippen LogP contribution in [0, 0.1) is 0 Å². The van der Waals surface area contributed by atoms with Crippen LogP contribution >= 0.6 is 15.9 Å². The van der Waals surface area contributed by atoms with E-state index in [9.17, 15) is 14.4 Å². The number of hydrogen-bond acceptors (Lipinski definition) is 6. The van der Waals surface area contributed by atoms with Crippen LogP contribution in [0.3, 0.4) is 0 Å². The third-order valence-corrected chi connectivity index (χ3v) is 6.12. The Hall–Kier alpha value is -4.64. The van der Waals surface area contributed by atoms with E-state index in [1.807, 2.05) is 18.2 Å². The Balaban J connectivity index is 1.36. The minimum atomic E-state index is -0.704. The highest BCUT2D eigenvalue weighted by Gasteiger charge is 2.17. The summed E-state index contributed by atoms with van der Waals surface area (Å²) in [6.07, 6.45) is 0.185. The van der Waals surface area contributed by atoms with E-state index < -0.39 is 11.7 Å². The first-order chi connectivity index (χ1) is 17.9. The second-order valence-electron chi connectivity index (χ2n) is 8.11. The predicted molar refractivity (Wildman–Crippen MR) is 142 cm³/mol. The van der Waals surface area contributed by atoms with Crippen LogP contribution in [0.4, 0.5) is 11.4 Å². The van der Waals surface area contributed by atoms with Gasteiger partial charge in [0.2, 0.25) is 5.91 Å². The summed E-state index contributed by atoms with van der Waals surface area (Å²) in [7, 11) is 1.59. The molecule has 5 aromatic rings. The maximum Gasteiger partial charge on any atom is 0.439 e. The van der Waals surface area contributed by atoms with Crippen LogP contribution in [0.5, 0.6) is 5.75 Å². The summed E-state index contributed by atoms with van der Waals surface area (Å²) in [5, 5.41) is 10.2. The maximum absolute atomic E-state index is 13.1. The molecule has 0 fully saturated rings. The Bertz CT molecular complexity index is 1670.